The highest BCUT2D eigenvalue weighted by Crippen LogP contribution is 2.35. The van der Waals surface area contributed by atoms with E-state index in [9.17, 15) is 0 Å². The summed E-state index contributed by atoms with van der Waals surface area (Å²) < 4.78 is 0.774. The first-order chi connectivity index (χ1) is 8.22. The van der Waals surface area contributed by atoms with E-state index >= 15 is 0 Å². The van der Waals surface area contributed by atoms with Crippen molar-refractivity contribution in [1.29, 1.82) is 0 Å². The molecule has 0 aliphatic carbocycles. The van der Waals surface area contributed by atoms with E-state index in [0.717, 1.165) is 14.4 Å². The van der Waals surface area contributed by atoms with Crippen LogP contribution in [0.25, 0.3) is 0 Å². The summed E-state index contributed by atoms with van der Waals surface area (Å²) in [4.78, 5) is 9.41. The van der Waals surface area contributed by atoms with Crippen LogP contribution >= 0.6 is 27.7 Å². The molecule has 0 radical (unpaired) electrons. The Labute approximate surface area is 112 Å². The van der Waals surface area contributed by atoms with E-state index in [0.29, 0.717) is 5.82 Å². The molecule has 0 saturated heterocycles. The van der Waals surface area contributed by atoms with Gasteiger partial charge in [0.05, 0.1) is 4.47 Å². The Kier molecular flexibility index (Phi) is 3.98. The van der Waals surface area contributed by atoms with Gasteiger partial charge in [0.25, 0.3) is 0 Å². The first kappa shape index (κ1) is 12.3. The highest BCUT2D eigenvalue weighted by atomic mass is 79.9. The van der Waals surface area contributed by atoms with Crippen molar-refractivity contribution in [2.24, 2.45) is 5.84 Å². The number of halogens is 1. The zero-order valence-electron chi connectivity index (χ0n) is 9.14. The van der Waals surface area contributed by atoms with Gasteiger partial charge >= 0.3 is 0 Å². The largest absolute Gasteiger partial charge is 0.307 e. The Hall–Kier alpha value is -1.11. The topological polar surface area (TPSA) is 63.8 Å². The van der Waals surface area contributed by atoms with Gasteiger partial charge in [0.1, 0.15) is 11.4 Å². The Morgan fingerprint density at radius 2 is 2.06 bits per heavy atom. The molecule has 0 amide bonds. The van der Waals surface area contributed by atoms with Crippen molar-refractivity contribution in [1.82, 2.24) is 9.97 Å². The predicted molar refractivity (Wildman–Crippen MR) is 72.8 cm³/mol. The second-order valence-corrected chi connectivity index (χ2v) is 5.18. The van der Waals surface area contributed by atoms with Crippen LogP contribution in [0.5, 0.6) is 0 Å². The highest BCUT2D eigenvalue weighted by molar-refractivity contribution is 9.10. The monoisotopic (exact) mass is 310 g/mol. The van der Waals surface area contributed by atoms with Crippen molar-refractivity contribution in [2.45, 2.75) is 16.8 Å². The molecule has 1 aromatic carbocycles. The quantitative estimate of drug-likeness (QED) is 0.518. The summed E-state index contributed by atoms with van der Waals surface area (Å²) in [6, 6.07) is 8.15. The first-order valence-corrected chi connectivity index (χ1v) is 6.54. The van der Waals surface area contributed by atoms with Crippen LogP contribution in [0.15, 0.2) is 45.0 Å². The van der Waals surface area contributed by atoms with E-state index in [4.69, 9.17) is 5.84 Å². The van der Waals surface area contributed by atoms with E-state index in [1.807, 2.05) is 12.1 Å². The summed E-state index contributed by atoms with van der Waals surface area (Å²) in [5.74, 6) is 5.94. The fourth-order valence-electron chi connectivity index (χ4n) is 1.30. The summed E-state index contributed by atoms with van der Waals surface area (Å²) >= 11 is 5.01. The Bertz CT molecular complexity index is 533. The molecule has 0 unspecified atom stereocenters. The number of aryl methyl sites for hydroxylation is 1. The van der Waals surface area contributed by atoms with Gasteiger partial charge in [0, 0.05) is 4.90 Å². The van der Waals surface area contributed by atoms with Gasteiger partial charge in [-0.1, -0.05) is 30.0 Å². The van der Waals surface area contributed by atoms with Crippen LogP contribution in [0.1, 0.15) is 5.56 Å². The minimum atomic E-state index is 0.580. The molecule has 2 rings (SSSR count). The number of aromatic nitrogens is 2. The van der Waals surface area contributed by atoms with Crippen molar-refractivity contribution in [3.8, 4) is 0 Å². The second-order valence-electron chi connectivity index (χ2n) is 3.35. The zero-order chi connectivity index (χ0) is 12.3. The molecule has 0 aliphatic heterocycles. The SMILES string of the molecule is Cc1ccccc1Sc1ncnc(NN)c1Br. The average molecular weight is 311 g/mol. The summed E-state index contributed by atoms with van der Waals surface area (Å²) in [7, 11) is 0. The number of nitrogens with one attached hydrogen (secondary N) is 1. The third-order valence-electron chi connectivity index (χ3n) is 2.19. The molecule has 0 fully saturated rings. The molecule has 1 heterocycles. The number of hydrogen-bond acceptors (Lipinski definition) is 5. The average Bonchev–Trinajstić information content (AvgIpc) is 2.34. The molecular formula is C11H11BrN4S. The first-order valence-electron chi connectivity index (χ1n) is 4.93. The van der Waals surface area contributed by atoms with Gasteiger partial charge in [0.15, 0.2) is 5.82 Å². The lowest BCUT2D eigenvalue weighted by Gasteiger charge is -2.08. The van der Waals surface area contributed by atoms with Crippen molar-refractivity contribution in [3.63, 3.8) is 0 Å². The standard InChI is InChI=1S/C11H11BrN4S/c1-7-4-2-3-5-8(7)17-11-9(12)10(16-13)14-6-15-11/h2-6H,13H2,1H3,(H,14,15,16). The summed E-state index contributed by atoms with van der Waals surface area (Å²) in [5, 5.41) is 0.835. The predicted octanol–water partition coefficient (Wildman–Crippen LogP) is 2.98. The Morgan fingerprint density at radius 1 is 1.29 bits per heavy atom. The van der Waals surface area contributed by atoms with Gasteiger partial charge in [-0.3, -0.25) is 0 Å². The molecule has 0 bridgehead atoms. The number of anilines is 1. The maximum Gasteiger partial charge on any atom is 0.158 e. The number of nitrogens with two attached hydrogens (primary N) is 1. The van der Waals surface area contributed by atoms with Crippen molar-refractivity contribution in [2.75, 3.05) is 5.43 Å². The van der Waals surface area contributed by atoms with Crippen molar-refractivity contribution < 1.29 is 0 Å². The summed E-state index contributed by atoms with van der Waals surface area (Å²) in [6.07, 6.45) is 1.49. The van der Waals surface area contributed by atoms with Gasteiger partial charge in [-0.15, -0.1) is 0 Å². The second kappa shape index (κ2) is 5.48. The van der Waals surface area contributed by atoms with Crippen LogP contribution in [-0.2, 0) is 0 Å². The molecule has 0 spiro atoms. The molecular weight excluding hydrogens is 300 g/mol. The van der Waals surface area contributed by atoms with Crippen LogP contribution in [0.3, 0.4) is 0 Å². The summed E-state index contributed by atoms with van der Waals surface area (Å²) in [5.41, 5.74) is 3.74. The van der Waals surface area contributed by atoms with Gasteiger partial charge in [0.2, 0.25) is 0 Å². The van der Waals surface area contributed by atoms with Gasteiger partial charge in [-0.2, -0.15) is 0 Å². The lowest BCUT2D eigenvalue weighted by molar-refractivity contribution is 1.02. The minimum Gasteiger partial charge on any atom is -0.307 e. The highest BCUT2D eigenvalue weighted by Gasteiger charge is 2.10. The van der Waals surface area contributed by atoms with Crippen molar-refractivity contribution >= 4 is 33.5 Å². The van der Waals surface area contributed by atoms with Crippen LogP contribution < -0.4 is 11.3 Å². The molecule has 6 heteroatoms. The molecule has 2 aromatic rings. The zero-order valence-corrected chi connectivity index (χ0v) is 11.5. The minimum absolute atomic E-state index is 0.580. The summed E-state index contributed by atoms with van der Waals surface area (Å²) in [6.45, 7) is 2.07. The van der Waals surface area contributed by atoms with Gasteiger partial charge < -0.3 is 5.43 Å². The lowest BCUT2D eigenvalue weighted by atomic mass is 10.2. The van der Waals surface area contributed by atoms with Crippen LogP contribution in [0.2, 0.25) is 0 Å². The molecule has 17 heavy (non-hydrogen) atoms. The Morgan fingerprint density at radius 3 is 2.76 bits per heavy atom. The van der Waals surface area contributed by atoms with Crippen LogP contribution in [-0.4, -0.2) is 9.97 Å². The molecule has 0 aliphatic rings. The molecule has 0 saturated carbocycles. The smallest absolute Gasteiger partial charge is 0.158 e. The van der Waals surface area contributed by atoms with Crippen LogP contribution in [0, 0.1) is 6.92 Å². The number of hydrazine groups is 1. The number of nitrogens with zero attached hydrogens (tertiary/aromatic N) is 2. The number of rotatable bonds is 3. The Balaban J connectivity index is 2.34. The third kappa shape index (κ3) is 2.77. The molecule has 4 nitrogen and oxygen atoms in total. The van der Waals surface area contributed by atoms with Gasteiger partial charge in [-0.25, -0.2) is 15.8 Å². The number of hydrogen-bond donors (Lipinski definition) is 2. The lowest BCUT2D eigenvalue weighted by Crippen LogP contribution is -2.09. The van der Waals surface area contributed by atoms with E-state index in [1.165, 1.54) is 11.9 Å². The maximum atomic E-state index is 5.36. The normalized spacial score (nSPS) is 10.3. The van der Waals surface area contributed by atoms with E-state index in [1.54, 1.807) is 11.8 Å². The fourth-order valence-corrected chi connectivity index (χ4v) is 2.73. The van der Waals surface area contributed by atoms with E-state index < -0.39 is 0 Å². The van der Waals surface area contributed by atoms with Crippen molar-refractivity contribution in [3.05, 3.63) is 40.6 Å². The fraction of sp³-hybridized carbons (Fsp3) is 0.0909. The van der Waals surface area contributed by atoms with E-state index in [-0.39, 0.29) is 0 Å². The number of benzene rings is 1. The molecule has 1 aromatic heterocycles. The molecule has 0 atom stereocenters. The van der Waals surface area contributed by atoms with E-state index in [2.05, 4.69) is 50.4 Å². The van der Waals surface area contributed by atoms with Crippen LogP contribution in [0.4, 0.5) is 5.82 Å². The number of nitrogen functional groups attached to an aromatic ring is 1. The molecule has 88 valence electrons. The molecule has 3 N–H and O–H groups in total. The van der Waals surface area contributed by atoms with Gasteiger partial charge in [-0.05, 0) is 34.5 Å². The third-order valence-corrected chi connectivity index (χ3v) is 4.39. The maximum absolute atomic E-state index is 5.36.